The number of fused-ring (bicyclic) bond motifs is 1. The maximum atomic E-state index is 13.1. The lowest BCUT2D eigenvalue weighted by Crippen LogP contribution is -2.44. The van der Waals surface area contributed by atoms with E-state index >= 15 is 0 Å². The van der Waals surface area contributed by atoms with E-state index < -0.39 is 6.10 Å². The zero-order chi connectivity index (χ0) is 13.2. The van der Waals surface area contributed by atoms with Crippen LogP contribution in [0.15, 0.2) is 24.4 Å². The first kappa shape index (κ1) is 12.6. The van der Waals surface area contributed by atoms with Crippen molar-refractivity contribution in [2.45, 2.75) is 6.10 Å². The number of aliphatic hydroxyl groups is 1. The van der Waals surface area contributed by atoms with E-state index in [9.17, 15) is 9.50 Å². The minimum absolute atomic E-state index is 0.266. The van der Waals surface area contributed by atoms with E-state index in [0.717, 1.165) is 42.6 Å². The second-order valence-electron chi connectivity index (χ2n) is 5.00. The summed E-state index contributed by atoms with van der Waals surface area (Å²) in [5.74, 6) is -0.266. The molecule has 0 amide bonds. The third kappa shape index (κ3) is 2.63. The van der Waals surface area contributed by atoms with Gasteiger partial charge in [0.2, 0.25) is 0 Å². The van der Waals surface area contributed by atoms with Gasteiger partial charge in [-0.05, 0) is 18.2 Å². The van der Waals surface area contributed by atoms with Gasteiger partial charge in [0.1, 0.15) is 5.82 Å². The number of halogens is 1. The summed E-state index contributed by atoms with van der Waals surface area (Å²) in [5, 5.41) is 14.5. The Morgan fingerprint density at radius 3 is 2.89 bits per heavy atom. The lowest BCUT2D eigenvalue weighted by atomic mass is 10.1. The number of piperazine rings is 1. The van der Waals surface area contributed by atoms with Gasteiger partial charge in [0.05, 0.1) is 6.10 Å². The van der Waals surface area contributed by atoms with Gasteiger partial charge in [-0.15, -0.1) is 0 Å². The summed E-state index contributed by atoms with van der Waals surface area (Å²) in [6.07, 6.45) is 1.23. The number of aromatic nitrogens is 1. The van der Waals surface area contributed by atoms with Crippen LogP contribution >= 0.6 is 0 Å². The summed E-state index contributed by atoms with van der Waals surface area (Å²) in [7, 11) is 0. The van der Waals surface area contributed by atoms with Crippen molar-refractivity contribution < 1.29 is 9.50 Å². The molecule has 1 fully saturated rings. The van der Waals surface area contributed by atoms with Crippen LogP contribution in [0.5, 0.6) is 0 Å². The molecule has 0 bridgehead atoms. The van der Waals surface area contributed by atoms with Gasteiger partial charge in [-0.25, -0.2) is 4.39 Å². The largest absolute Gasteiger partial charge is 0.387 e. The SMILES string of the molecule is OC(CN1CCNCC1)c1c[nH]c2cc(F)ccc12. The quantitative estimate of drug-likeness (QED) is 0.781. The minimum atomic E-state index is -0.544. The van der Waals surface area contributed by atoms with E-state index in [0.29, 0.717) is 6.54 Å². The molecule has 0 spiro atoms. The van der Waals surface area contributed by atoms with Crippen molar-refractivity contribution in [3.05, 3.63) is 35.8 Å². The fourth-order valence-electron chi connectivity index (χ4n) is 2.63. The molecule has 5 heteroatoms. The molecule has 0 aliphatic carbocycles. The average Bonchev–Trinajstić information content (AvgIpc) is 2.82. The van der Waals surface area contributed by atoms with Crippen molar-refractivity contribution in [3.63, 3.8) is 0 Å². The Balaban J connectivity index is 1.79. The minimum Gasteiger partial charge on any atom is -0.387 e. The lowest BCUT2D eigenvalue weighted by Gasteiger charge is -2.29. The highest BCUT2D eigenvalue weighted by atomic mass is 19.1. The number of rotatable bonds is 3. The molecule has 0 radical (unpaired) electrons. The summed E-state index contributed by atoms with van der Waals surface area (Å²) in [6.45, 7) is 4.45. The second-order valence-corrected chi connectivity index (χ2v) is 5.00. The molecule has 102 valence electrons. The molecule has 1 atom stereocenters. The molecular formula is C14H18FN3O. The molecule has 1 aliphatic rings. The van der Waals surface area contributed by atoms with E-state index in [1.165, 1.54) is 12.1 Å². The second kappa shape index (κ2) is 5.28. The normalized spacial score (nSPS) is 18.8. The van der Waals surface area contributed by atoms with Crippen LogP contribution < -0.4 is 5.32 Å². The molecular weight excluding hydrogens is 245 g/mol. The smallest absolute Gasteiger partial charge is 0.125 e. The van der Waals surface area contributed by atoms with Crippen LogP contribution in [0, 0.1) is 5.82 Å². The maximum absolute atomic E-state index is 13.1. The molecule has 1 unspecified atom stereocenters. The van der Waals surface area contributed by atoms with Crippen LogP contribution in [0.25, 0.3) is 10.9 Å². The Morgan fingerprint density at radius 1 is 1.32 bits per heavy atom. The zero-order valence-corrected chi connectivity index (χ0v) is 10.7. The summed E-state index contributed by atoms with van der Waals surface area (Å²) in [4.78, 5) is 5.26. The first-order chi connectivity index (χ1) is 9.24. The molecule has 1 saturated heterocycles. The number of β-amino-alcohol motifs (C(OH)–C–C–N with tert-alkyl or cyclic N) is 1. The molecule has 1 aromatic carbocycles. The van der Waals surface area contributed by atoms with Crippen LogP contribution in [0.2, 0.25) is 0 Å². The van der Waals surface area contributed by atoms with Crippen LogP contribution in [-0.2, 0) is 0 Å². The molecule has 0 saturated carbocycles. The molecule has 2 heterocycles. The summed E-state index contributed by atoms with van der Waals surface area (Å²) < 4.78 is 13.1. The number of benzene rings is 1. The molecule has 3 rings (SSSR count). The molecule has 4 nitrogen and oxygen atoms in total. The van der Waals surface area contributed by atoms with Gasteiger partial charge in [-0.1, -0.05) is 0 Å². The van der Waals surface area contributed by atoms with Crippen LogP contribution in [-0.4, -0.2) is 47.7 Å². The number of aliphatic hydroxyl groups excluding tert-OH is 1. The van der Waals surface area contributed by atoms with Gasteiger partial charge >= 0.3 is 0 Å². The van der Waals surface area contributed by atoms with Crippen molar-refractivity contribution in [3.8, 4) is 0 Å². The van der Waals surface area contributed by atoms with E-state index in [1.54, 1.807) is 12.3 Å². The molecule has 1 aliphatic heterocycles. The number of nitrogens with zero attached hydrogens (tertiary/aromatic N) is 1. The van der Waals surface area contributed by atoms with Gasteiger partial charge in [0, 0.05) is 55.4 Å². The molecule has 2 aromatic rings. The number of H-pyrrole nitrogens is 1. The fraction of sp³-hybridized carbons (Fsp3) is 0.429. The van der Waals surface area contributed by atoms with Gasteiger partial charge in [0.15, 0.2) is 0 Å². The third-order valence-corrected chi connectivity index (χ3v) is 3.68. The van der Waals surface area contributed by atoms with Gasteiger partial charge in [-0.2, -0.15) is 0 Å². The number of hydrogen-bond donors (Lipinski definition) is 3. The van der Waals surface area contributed by atoms with Crippen molar-refractivity contribution in [2.24, 2.45) is 0 Å². The van der Waals surface area contributed by atoms with Crippen LogP contribution in [0.1, 0.15) is 11.7 Å². The van der Waals surface area contributed by atoms with Crippen LogP contribution in [0.3, 0.4) is 0 Å². The van der Waals surface area contributed by atoms with E-state index in [2.05, 4.69) is 15.2 Å². The number of aromatic amines is 1. The van der Waals surface area contributed by atoms with Crippen molar-refractivity contribution in [1.82, 2.24) is 15.2 Å². The fourth-order valence-corrected chi connectivity index (χ4v) is 2.63. The first-order valence-electron chi connectivity index (χ1n) is 6.62. The Labute approximate surface area is 111 Å². The van der Waals surface area contributed by atoms with Crippen molar-refractivity contribution in [2.75, 3.05) is 32.7 Å². The molecule has 3 N–H and O–H groups in total. The standard InChI is InChI=1S/C14H18FN3O/c15-10-1-2-11-12(8-17-13(11)7-10)14(19)9-18-5-3-16-4-6-18/h1-2,7-8,14,16-17,19H,3-6,9H2. The molecule has 19 heavy (non-hydrogen) atoms. The highest BCUT2D eigenvalue weighted by molar-refractivity contribution is 5.83. The monoisotopic (exact) mass is 263 g/mol. The van der Waals surface area contributed by atoms with Crippen molar-refractivity contribution >= 4 is 10.9 Å². The zero-order valence-electron chi connectivity index (χ0n) is 10.7. The van der Waals surface area contributed by atoms with Gasteiger partial charge in [0.25, 0.3) is 0 Å². The van der Waals surface area contributed by atoms with Gasteiger partial charge in [-0.3, -0.25) is 4.90 Å². The average molecular weight is 263 g/mol. The Bertz CT molecular complexity index is 563. The topological polar surface area (TPSA) is 51.3 Å². The molecule has 1 aromatic heterocycles. The lowest BCUT2D eigenvalue weighted by molar-refractivity contribution is 0.106. The summed E-state index contributed by atoms with van der Waals surface area (Å²) >= 11 is 0. The van der Waals surface area contributed by atoms with Crippen LogP contribution in [0.4, 0.5) is 4.39 Å². The maximum Gasteiger partial charge on any atom is 0.125 e. The first-order valence-corrected chi connectivity index (χ1v) is 6.62. The Hall–Kier alpha value is -1.43. The van der Waals surface area contributed by atoms with E-state index in [4.69, 9.17) is 0 Å². The van der Waals surface area contributed by atoms with E-state index in [1.807, 2.05) is 0 Å². The van der Waals surface area contributed by atoms with Gasteiger partial charge < -0.3 is 15.4 Å². The predicted octanol–water partition coefficient (Wildman–Crippen LogP) is 1.25. The number of hydrogen-bond acceptors (Lipinski definition) is 3. The summed E-state index contributed by atoms with van der Waals surface area (Å²) in [5.41, 5.74) is 1.57. The number of nitrogens with one attached hydrogen (secondary N) is 2. The predicted molar refractivity (Wildman–Crippen MR) is 72.5 cm³/mol. The van der Waals surface area contributed by atoms with E-state index in [-0.39, 0.29) is 5.82 Å². The highest BCUT2D eigenvalue weighted by Gasteiger charge is 2.18. The highest BCUT2D eigenvalue weighted by Crippen LogP contribution is 2.25. The summed E-state index contributed by atoms with van der Waals surface area (Å²) in [6, 6.07) is 4.60. The third-order valence-electron chi connectivity index (χ3n) is 3.68. The van der Waals surface area contributed by atoms with Crippen molar-refractivity contribution in [1.29, 1.82) is 0 Å². The Kier molecular flexibility index (Phi) is 3.50. The Morgan fingerprint density at radius 2 is 2.11 bits per heavy atom.